The molecule has 0 amide bonds. The minimum Gasteiger partial charge on any atom is -0.481 e. The van der Waals surface area contributed by atoms with Gasteiger partial charge in [-0.05, 0) is 30.5 Å². The summed E-state index contributed by atoms with van der Waals surface area (Å²) in [5.74, 6) is -1.24. The molecule has 2 aromatic rings. The van der Waals surface area contributed by atoms with Crippen molar-refractivity contribution in [3.63, 3.8) is 0 Å². The van der Waals surface area contributed by atoms with Crippen LogP contribution >= 0.6 is 23.2 Å². The van der Waals surface area contributed by atoms with Crippen molar-refractivity contribution in [1.29, 1.82) is 0 Å². The first kappa shape index (κ1) is 18.4. The number of carbonyl (C=O) groups is 1. The number of fused-ring (bicyclic) bond motifs is 3. The second-order valence-electron chi connectivity index (χ2n) is 6.04. The van der Waals surface area contributed by atoms with Gasteiger partial charge in [-0.15, -0.1) is 0 Å². The lowest BCUT2D eigenvalue weighted by molar-refractivity contribution is -0.167. The van der Waals surface area contributed by atoms with Crippen LogP contribution in [0.2, 0.25) is 10.0 Å². The molecule has 1 atom stereocenters. The van der Waals surface area contributed by atoms with Crippen LogP contribution in [0.4, 0.5) is 13.2 Å². The number of aliphatic carboxylic acids is 1. The van der Waals surface area contributed by atoms with Gasteiger partial charge in [0.2, 0.25) is 0 Å². The van der Waals surface area contributed by atoms with Gasteiger partial charge < -0.3 is 14.8 Å². The maximum absolute atomic E-state index is 12.8. The normalized spacial score (nSPS) is 20.7. The Morgan fingerprint density at radius 1 is 1.32 bits per heavy atom. The molecule has 4 nitrogen and oxygen atoms in total. The van der Waals surface area contributed by atoms with Crippen molar-refractivity contribution in [1.82, 2.24) is 4.98 Å². The Kier molecular flexibility index (Phi) is 4.68. The van der Waals surface area contributed by atoms with E-state index in [0.29, 0.717) is 38.6 Å². The zero-order valence-electron chi connectivity index (χ0n) is 12.8. The topological polar surface area (TPSA) is 62.3 Å². The Hall–Kier alpha value is -1.44. The molecule has 1 aliphatic rings. The first-order valence-corrected chi connectivity index (χ1v) is 8.30. The van der Waals surface area contributed by atoms with E-state index in [0.717, 1.165) is 0 Å². The lowest BCUT2D eigenvalue weighted by atomic mass is 9.84. The maximum atomic E-state index is 12.8. The number of ether oxygens (including phenoxy) is 1. The van der Waals surface area contributed by atoms with Gasteiger partial charge in [0.15, 0.2) is 0 Å². The van der Waals surface area contributed by atoms with E-state index >= 15 is 0 Å². The van der Waals surface area contributed by atoms with Gasteiger partial charge in [0.1, 0.15) is 5.60 Å². The van der Waals surface area contributed by atoms with Crippen molar-refractivity contribution in [2.75, 3.05) is 6.61 Å². The molecule has 0 fully saturated rings. The van der Waals surface area contributed by atoms with Crippen molar-refractivity contribution in [2.45, 2.75) is 37.5 Å². The van der Waals surface area contributed by atoms with Crippen LogP contribution in [0.1, 0.15) is 30.5 Å². The number of H-pyrrole nitrogens is 1. The molecule has 1 aromatic heterocycles. The highest BCUT2D eigenvalue weighted by Gasteiger charge is 2.45. The van der Waals surface area contributed by atoms with Crippen molar-refractivity contribution >= 4 is 40.1 Å². The SMILES string of the molecule is O=C(O)CC1(CCC(F)(F)F)OCCc2c1[nH]c1c(Cl)ccc(Cl)c21. The van der Waals surface area contributed by atoms with Gasteiger partial charge in [-0.25, -0.2) is 0 Å². The second-order valence-corrected chi connectivity index (χ2v) is 6.85. The summed E-state index contributed by atoms with van der Waals surface area (Å²) in [6, 6.07) is 3.17. The number of rotatable bonds is 4. The minimum atomic E-state index is -4.42. The molecular formula is C16H14Cl2F3NO3. The quantitative estimate of drug-likeness (QED) is 0.760. The maximum Gasteiger partial charge on any atom is 0.389 e. The lowest BCUT2D eigenvalue weighted by Crippen LogP contribution is -2.39. The highest BCUT2D eigenvalue weighted by molar-refractivity contribution is 6.40. The van der Waals surface area contributed by atoms with Crippen LogP contribution in [0.3, 0.4) is 0 Å². The van der Waals surface area contributed by atoms with E-state index in [4.69, 9.17) is 27.9 Å². The molecule has 2 heterocycles. The molecule has 0 aliphatic carbocycles. The Morgan fingerprint density at radius 3 is 2.64 bits per heavy atom. The molecule has 9 heteroatoms. The van der Waals surface area contributed by atoms with Gasteiger partial charge in [-0.1, -0.05) is 23.2 Å². The number of hydrogen-bond acceptors (Lipinski definition) is 2. The largest absolute Gasteiger partial charge is 0.481 e. The molecule has 0 spiro atoms. The lowest BCUT2D eigenvalue weighted by Gasteiger charge is -2.36. The Labute approximate surface area is 150 Å². The molecule has 136 valence electrons. The standard InChI is InChI=1S/C16H14Cl2F3NO3/c17-9-1-2-10(18)13-12(9)8-3-6-25-15(7-11(23)24,14(8)22-13)4-5-16(19,20)21/h1-2,22H,3-7H2,(H,23,24). The number of carboxylic acids is 1. The second kappa shape index (κ2) is 6.37. The van der Waals surface area contributed by atoms with Crippen LogP contribution in [-0.4, -0.2) is 28.8 Å². The summed E-state index contributed by atoms with van der Waals surface area (Å²) in [6.45, 7) is 0.105. The third-order valence-electron chi connectivity index (χ3n) is 4.39. The van der Waals surface area contributed by atoms with Crippen LogP contribution in [-0.2, 0) is 21.6 Å². The number of carboxylic acid groups (broad SMARTS) is 1. The summed E-state index contributed by atoms with van der Waals surface area (Å²) < 4.78 is 43.9. The minimum absolute atomic E-state index is 0.105. The van der Waals surface area contributed by atoms with Crippen LogP contribution in [0, 0.1) is 0 Å². The van der Waals surface area contributed by atoms with E-state index in [1.54, 1.807) is 12.1 Å². The first-order valence-electron chi connectivity index (χ1n) is 7.54. The number of aromatic amines is 1. The number of nitrogens with one attached hydrogen (secondary N) is 1. The Morgan fingerprint density at radius 2 is 2.00 bits per heavy atom. The van der Waals surface area contributed by atoms with E-state index < -0.39 is 37.0 Å². The van der Waals surface area contributed by atoms with E-state index in [1.165, 1.54) is 0 Å². The van der Waals surface area contributed by atoms with E-state index in [2.05, 4.69) is 4.98 Å². The average Bonchev–Trinajstić information content (AvgIpc) is 2.90. The molecule has 0 radical (unpaired) electrons. The molecule has 2 N–H and O–H groups in total. The van der Waals surface area contributed by atoms with Gasteiger partial charge in [0.25, 0.3) is 0 Å². The molecule has 0 saturated carbocycles. The van der Waals surface area contributed by atoms with Crippen molar-refractivity contribution in [3.8, 4) is 0 Å². The summed E-state index contributed by atoms with van der Waals surface area (Å²) >= 11 is 12.4. The van der Waals surface area contributed by atoms with Crippen LogP contribution < -0.4 is 0 Å². The predicted octanol–water partition coefficient (Wildman–Crippen LogP) is 5.06. The van der Waals surface area contributed by atoms with Gasteiger partial charge in [0.05, 0.1) is 34.3 Å². The third kappa shape index (κ3) is 3.45. The van der Waals surface area contributed by atoms with E-state index in [9.17, 15) is 23.1 Å². The Bertz CT molecular complexity index is 834. The fourth-order valence-corrected chi connectivity index (χ4v) is 3.84. The monoisotopic (exact) mass is 395 g/mol. The number of benzene rings is 1. The van der Waals surface area contributed by atoms with Crippen LogP contribution in [0.15, 0.2) is 12.1 Å². The van der Waals surface area contributed by atoms with E-state index in [-0.39, 0.29) is 6.61 Å². The highest BCUT2D eigenvalue weighted by Crippen LogP contribution is 2.46. The molecule has 25 heavy (non-hydrogen) atoms. The van der Waals surface area contributed by atoms with Gasteiger partial charge in [-0.2, -0.15) is 13.2 Å². The fourth-order valence-electron chi connectivity index (χ4n) is 3.37. The molecule has 3 rings (SSSR count). The predicted molar refractivity (Wildman–Crippen MR) is 87.2 cm³/mol. The van der Waals surface area contributed by atoms with Crippen LogP contribution in [0.5, 0.6) is 0 Å². The van der Waals surface area contributed by atoms with Gasteiger partial charge in [-0.3, -0.25) is 4.79 Å². The zero-order valence-corrected chi connectivity index (χ0v) is 14.4. The molecule has 1 aromatic carbocycles. The number of halogens is 5. The molecule has 0 saturated heterocycles. The highest BCUT2D eigenvalue weighted by atomic mass is 35.5. The summed E-state index contributed by atoms with van der Waals surface area (Å²) in [5, 5.41) is 10.6. The molecule has 1 unspecified atom stereocenters. The van der Waals surface area contributed by atoms with Crippen LogP contribution in [0.25, 0.3) is 10.9 Å². The molecular weight excluding hydrogens is 382 g/mol. The van der Waals surface area contributed by atoms with Crippen molar-refractivity contribution in [3.05, 3.63) is 33.4 Å². The Balaban J connectivity index is 2.18. The summed E-state index contributed by atoms with van der Waals surface area (Å²) in [5.41, 5.74) is -0.139. The first-order chi connectivity index (χ1) is 11.6. The average molecular weight is 396 g/mol. The third-order valence-corrected chi connectivity index (χ3v) is 5.02. The van der Waals surface area contributed by atoms with Crippen molar-refractivity contribution in [2.24, 2.45) is 0 Å². The molecule has 0 bridgehead atoms. The number of hydrogen-bond donors (Lipinski definition) is 2. The van der Waals surface area contributed by atoms with Gasteiger partial charge in [0, 0.05) is 11.8 Å². The summed E-state index contributed by atoms with van der Waals surface area (Å²) in [6.07, 6.45) is -6.26. The number of aromatic nitrogens is 1. The smallest absolute Gasteiger partial charge is 0.389 e. The van der Waals surface area contributed by atoms with Crippen molar-refractivity contribution < 1.29 is 27.8 Å². The number of alkyl halides is 3. The van der Waals surface area contributed by atoms with Gasteiger partial charge >= 0.3 is 12.1 Å². The summed E-state index contributed by atoms with van der Waals surface area (Å²) in [4.78, 5) is 14.3. The zero-order chi connectivity index (χ0) is 18.4. The van der Waals surface area contributed by atoms with E-state index in [1.807, 2.05) is 0 Å². The molecule has 1 aliphatic heterocycles. The summed E-state index contributed by atoms with van der Waals surface area (Å²) in [7, 11) is 0. The fraction of sp³-hybridized carbons (Fsp3) is 0.438.